The van der Waals surface area contributed by atoms with Crippen molar-refractivity contribution in [2.75, 3.05) is 0 Å². The highest BCUT2D eigenvalue weighted by atomic mass is 15.2. The van der Waals surface area contributed by atoms with Gasteiger partial charge in [0.15, 0.2) is 0 Å². The molecule has 0 aliphatic rings. The molecule has 0 unspecified atom stereocenters. The van der Waals surface area contributed by atoms with Crippen LogP contribution in [0.15, 0.2) is 36.8 Å². The Morgan fingerprint density at radius 3 is 2.88 bits per heavy atom. The van der Waals surface area contributed by atoms with Gasteiger partial charge in [0.05, 0.1) is 6.20 Å². The standard InChI is InChI=1S/C13H13N3/c1-9-6-14-13-5-10(3-4-12(9)13)11-7-15-16(2)8-11/h3-8,14H,1-2H3. The molecule has 0 radical (unpaired) electrons. The number of nitrogens with zero attached hydrogens (tertiary/aromatic N) is 2. The van der Waals surface area contributed by atoms with Crippen LogP contribution in [0.5, 0.6) is 0 Å². The fraction of sp³-hybridized carbons (Fsp3) is 0.154. The maximum atomic E-state index is 4.18. The fourth-order valence-corrected chi connectivity index (χ4v) is 2.02. The molecule has 2 heterocycles. The molecule has 1 aromatic carbocycles. The van der Waals surface area contributed by atoms with Crippen molar-refractivity contribution >= 4 is 10.9 Å². The Morgan fingerprint density at radius 2 is 2.12 bits per heavy atom. The summed E-state index contributed by atoms with van der Waals surface area (Å²) in [6.45, 7) is 2.11. The lowest BCUT2D eigenvalue weighted by Gasteiger charge is -1.98. The number of nitrogens with one attached hydrogen (secondary N) is 1. The quantitative estimate of drug-likeness (QED) is 0.659. The molecule has 0 saturated carbocycles. The van der Waals surface area contributed by atoms with Crippen LogP contribution in [0.3, 0.4) is 0 Å². The average molecular weight is 211 g/mol. The Labute approximate surface area is 93.7 Å². The molecule has 16 heavy (non-hydrogen) atoms. The lowest BCUT2D eigenvalue weighted by Crippen LogP contribution is -1.84. The third-order valence-corrected chi connectivity index (χ3v) is 2.93. The lowest BCUT2D eigenvalue weighted by atomic mass is 10.1. The molecule has 0 amide bonds. The molecule has 0 aliphatic heterocycles. The van der Waals surface area contributed by atoms with Crippen LogP contribution < -0.4 is 0 Å². The van der Waals surface area contributed by atoms with E-state index in [4.69, 9.17) is 0 Å². The van der Waals surface area contributed by atoms with Crippen LogP contribution in [0.25, 0.3) is 22.0 Å². The van der Waals surface area contributed by atoms with Gasteiger partial charge in [0.2, 0.25) is 0 Å². The molecule has 0 fully saturated rings. The monoisotopic (exact) mass is 211 g/mol. The molecule has 2 aromatic heterocycles. The van der Waals surface area contributed by atoms with Crippen molar-refractivity contribution in [2.45, 2.75) is 6.92 Å². The van der Waals surface area contributed by atoms with Crippen LogP contribution in [0, 0.1) is 6.92 Å². The first kappa shape index (κ1) is 9.21. The summed E-state index contributed by atoms with van der Waals surface area (Å²) in [7, 11) is 1.93. The normalized spacial score (nSPS) is 11.1. The van der Waals surface area contributed by atoms with Crippen molar-refractivity contribution in [1.82, 2.24) is 14.8 Å². The smallest absolute Gasteiger partial charge is 0.0568 e. The van der Waals surface area contributed by atoms with E-state index in [2.05, 4.69) is 35.2 Å². The summed E-state index contributed by atoms with van der Waals surface area (Å²) in [6.07, 6.45) is 5.95. The van der Waals surface area contributed by atoms with Crippen LogP contribution in [-0.2, 0) is 7.05 Å². The molecule has 0 bridgehead atoms. The highest BCUT2D eigenvalue weighted by Crippen LogP contribution is 2.25. The summed E-state index contributed by atoms with van der Waals surface area (Å²) in [4.78, 5) is 3.28. The summed E-state index contributed by atoms with van der Waals surface area (Å²) < 4.78 is 1.82. The minimum atomic E-state index is 1.15. The van der Waals surface area contributed by atoms with Crippen LogP contribution in [0.4, 0.5) is 0 Å². The third-order valence-electron chi connectivity index (χ3n) is 2.93. The van der Waals surface area contributed by atoms with Gasteiger partial charge in [-0.2, -0.15) is 5.10 Å². The van der Waals surface area contributed by atoms with E-state index in [1.54, 1.807) is 0 Å². The maximum Gasteiger partial charge on any atom is 0.0568 e. The predicted molar refractivity (Wildman–Crippen MR) is 65.2 cm³/mol. The molecule has 3 rings (SSSR count). The number of hydrogen-bond donors (Lipinski definition) is 1. The van der Waals surface area contributed by atoms with Gasteiger partial charge in [-0.25, -0.2) is 0 Å². The minimum Gasteiger partial charge on any atom is -0.361 e. The Morgan fingerprint density at radius 1 is 1.25 bits per heavy atom. The zero-order chi connectivity index (χ0) is 11.1. The van der Waals surface area contributed by atoms with Crippen molar-refractivity contribution in [3.05, 3.63) is 42.4 Å². The highest BCUT2D eigenvalue weighted by molar-refractivity contribution is 5.87. The van der Waals surface area contributed by atoms with Crippen LogP contribution in [0.1, 0.15) is 5.56 Å². The second-order valence-electron chi connectivity index (χ2n) is 4.13. The second-order valence-corrected chi connectivity index (χ2v) is 4.13. The number of benzene rings is 1. The van der Waals surface area contributed by atoms with Crippen LogP contribution >= 0.6 is 0 Å². The van der Waals surface area contributed by atoms with Gasteiger partial charge in [-0.05, 0) is 24.1 Å². The molecule has 3 heteroatoms. The van der Waals surface area contributed by atoms with Gasteiger partial charge in [-0.1, -0.05) is 12.1 Å². The van der Waals surface area contributed by atoms with Crippen molar-refractivity contribution in [3.8, 4) is 11.1 Å². The summed E-state index contributed by atoms with van der Waals surface area (Å²) in [5.74, 6) is 0. The zero-order valence-corrected chi connectivity index (χ0v) is 9.36. The molecule has 0 spiro atoms. The van der Waals surface area contributed by atoms with E-state index in [9.17, 15) is 0 Å². The number of aryl methyl sites for hydroxylation is 2. The van der Waals surface area contributed by atoms with Gasteiger partial charge in [0, 0.05) is 35.9 Å². The van der Waals surface area contributed by atoms with Gasteiger partial charge in [-0.15, -0.1) is 0 Å². The molecular formula is C13H13N3. The van der Waals surface area contributed by atoms with Gasteiger partial charge in [-0.3, -0.25) is 4.68 Å². The molecule has 0 atom stereocenters. The minimum absolute atomic E-state index is 1.15. The van der Waals surface area contributed by atoms with Crippen LogP contribution in [-0.4, -0.2) is 14.8 Å². The fourth-order valence-electron chi connectivity index (χ4n) is 2.02. The molecule has 80 valence electrons. The Balaban J connectivity index is 2.18. The summed E-state index contributed by atoms with van der Waals surface area (Å²) in [6, 6.07) is 6.46. The van der Waals surface area contributed by atoms with E-state index in [-0.39, 0.29) is 0 Å². The average Bonchev–Trinajstić information content (AvgIpc) is 2.86. The summed E-state index contributed by atoms with van der Waals surface area (Å²) in [5.41, 5.74) is 4.81. The van der Waals surface area contributed by atoms with Gasteiger partial charge >= 0.3 is 0 Å². The van der Waals surface area contributed by atoms with E-state index in [0.29, 0.717) is 0 Å². The molecule has 3 nitrogen and oxygen atoms in total. The van der Waals surface area contributed by atoms with E-state index in [1.165, 1.54) is 22.0 Å². The number of rotatable bonds is 1. The number of H-pyrrole nitrogens is 1. The predicted octanol–water partition coefficient (Wildman–Crippen LogP) is 2.88. The van der Waals surface area contributed by atoms with Gasteiger partial charge in [0.25, 0.3) is 0 Å². The first-order chi connectivity index (χ1) is 7.74. The van der Waals surface area contributed by atoms with Crippen molar-refractivity contribution in [2.24, 2.45) is 7.05 Å². The second kappa shape index (κ2) is 3.23. The van der Waals surface area contributed by atoms with E-state index >= 15 is 0 Å². The largest absolute Gasteiger partial charge is 0.361 e. The molecule has 3 aromatic rings. The summed E-state index contributed by atoms with van der Waals surface area (Å²) in [5, 5.41) is 5.47. The summed E-state index contributed by atoms with van der Waals surface area (Å²) >= 11 is 0. The topological polar surface area (TPSA) is 33.6 Å². The molecule has 0 saturated heterocycles. The number of hydrogen-bond acceptors (Lipinski definition) is 1. The molecule has 1 N–H and O–H groups in total. The van der Waals surface area contributed by atoms with Crippen molar-refractivity contribution < 1.29 is 0 Å². The first-order valence-electron chi connectivity index (χ1n) is 5.31. The van der Waals surface area contributed by atoms with E-state index < -0.39 is 0 Å². The third kappa shape index (κ3) is 1.33. The van der Waals surface area contributed by atoms with Gasteiger partial charge < -0.3 is 4.98 Å². The zero-order valence-electron chi connectivity index (χ0n) is 9.36. The van der Waals surface area contributed by atoms with Crippen molar-refractivity contribution in [1.29, 1.82) is 0 Å². The first-order valence-corrected chi connectivity index (χ1v) is 5.31. The Bertz CT molecular complexity index is 646. The Hall–Kier alpha value is -2.03. The molecule has 0 aliphatic carbocycles. The van der Waals surface area contributed by atoms with Crippen molar-refractivity contribution in [3.63, 3.8) is 0 Å². The lowest BCUT2D eigenvalue weighted by molar-refractivity contribution is 0.768. The number of aromatic nitrogens is 3. The number of aromatic amines is 1. The molecular weight excluding hydrogens is 198 g/mol. The SMILES string of the molecule is Cc1c[nH]c2cc(-c3cnn(C)c3)ccc12. The highest BCUT2D eigenvalue weighted by Gasteiger charge is 2.03. The van der Waals surface area contributed by atoms with E-state index in [0.717, 1.165) is 5.56 Å². The Kier molecular flexibility index (Phi) is 1.86. The maximum absolute atomic E-state index is 4.18. The van der Waals surface area contributed by atoms with E-state index in [1.807, 2.05) is 30.3 Å². The number of fused-ring (bicyclic) bond motifs is 1. The van der Waals surface area contributed by atoms with Crippen LogP contribution in [0.2, 0.25) is 0 Å². The van der Waals surface area contributed by atoms with Gasteiger partial charge in [0.1, 0.15) is 0 Å².